The van der Waals surface area contributed by atoms with E-state index in [0.29, 0.717) is 85.7 Å². The third-order valence-corrected chi connectivity index (χ3v) is 12.7. The summed E-state index contributed by atoms with van der Waals surface area (Å²) in [6.07, 6.45) is 8.64. The molecule has 0 spiro atoms. The third kappa shape index (κ3) is 10.9. The fraction of sp³-hybridized carbons (Fsp3) is 0.429. The Hall–Kier alpha value is -6.56. The van der Waals surface area contributed by atoms with Crippen LogP contribution in [0, 0.1) is 11.6 Å². The van der Waals surface area contributed by atoms with Crippen LogP contribution >= 0.6 is 0 Å². The second kappa shape index (κ2) is 19.5. The summed E-state index contributed by atoms with van der Waals surface area (Å²) in [5, 5.41) is 9.40. The van der Waals surface area contributed by atoms with Gasteiger partial charge in [0.05, 0.1) is 34.4 Å². The second-order valence-electron chi connectivity index (χ2n) is 16.2. The van der Waals surface area contributed by atoms with E-state index in [2.05, 4.69) is 30.1 Å². The minimum atomic E-state index is -3.54. The zero-order chi connectivity index (χ0) is 47.5. The number of amides is 2. The Bertz CT molecular complexity index is 2770. The Morgan fingerprint density at radius 2 is 0.970 bits per heavy atom. The van der Waals surface area contributed by atoms with E-state index >= 15 is 0 Å². The average molecular weight is 955 g/mol. The van der Waals surface area contributed by atoms with Crippen molar-refractivity contribution < 1.29 is 54.2 Å². The van der Waals surface area contributed by atoms with Gasteiger partial charge in [0.25, 0.3) is 0 Å². The number of likely N-dealkylation sites (tertiary alicyclic amines) is 2. The van der Waals surface area contributed by atoms with Gasteiger partial charge < -0.3 is 28.7 Å². The van der Waals surface area contributed by atoms with Gasteiger partial charge in [0.1, 0.15) is 58.6 Å². The molecular formula is C42H48F2N10O10S2. The van der Waals surface area contributed by atoms with E-state index in [9.17, 15) is 35.2 Å². The second-order valence-corrected chi connectivity index (χ2v) is 20.2. The summed E-state index contributed by atoms with van der Waals surface area (Å²) >= 11 is 0. The zero-order valence-electron chi connectivity index (χ0n) is 36.9. The zero-order valence-corrected chi connectivity index (χ0v) is 38.5. The number of aromatic nitrogens is 8. The Morgan fingerprint density at radius 1 is 0.606 bits per heavy atom. The van der Waals surface area contributed by atoms with Crippen molar-refractivity contribution in [3.05, 3.63) is 73.1 Å². The van der Waals surface area contributed by atoms with E-state index in [1.54, 1.807) is 37.5 Å². The number of carbonyl (C=O) groups is 2. The Morgan fingerprint density at radius 3 is 1.29 bits per heavy atom. The number of halogens is 2. The van der Waals surface area contributed by atoms with E-state index in [0.717, 1.165) is 24.6 Å². The minimum Gasteiger partial charge on any atom is -0.474 e. The molecule has 66 heavy (non-hydrogen) atoms. The first-order chi connectivity index (χ1) is 31.3. The van der Waals surface area contributed by atoms with Crippen LogP contribution in [-0.2, 0) is 29.1 Å². The molecule has 2 fully saturated rings. The van der Waals surface area contributed by atoms with Gasteiger partial charge in [-0.05, 0) is 64.1 Å². The highest BCUT2D eigenvalue weighted by molar-refractivity contribution is 7.91. The molecule has 0 atom stereocenters. The topological polar surface area (TPSA) is 233 Å². The largest absolute Gasteiger partial charge is 0.474 e. The normalized spacial score (nSPS) is 15.2. The monoisotopic (exact) mass is 954 g/mol. The first kappa shape index (κ1) is 47.4. The molecule has 0 bridgehead atoms. The summed E-state index contributed by atoms with van der Waals surface area (Å²) in [7, 11) is -7.08. The van der Waals surface area contributed by atoms with Gasteiger partial charge in [0, 0.05) is 64.4 Å². The van der Waals surface area contributed by atoms with Gasteiger partial charge in [-0.25, -0.2) is 64.5 Å². The Balaban J connectivity index is 0.000000196. The third-order valence-electron chi connectivity index (χ3n) is 10.4. The number of benzene rings is 2. The van der Waals surface area contributed by atoms with Crippen molar-refractivity contribution in [3.63, 3.8) is 0 Å². The van der Waals surface area contributed by atoms with Crippen LogP contribution in [0.4, 0.5) is 18.4 Å². The molecule has 20 nitrogen and oxygen atoms in total. The number of sulfone groups is 2. The molecular weight excluding hydrogens is 907 g/mol. The highest BCUT2D eigenvalue weighted by Gasteiger charge is 2.29. The molecule has 352 valence electrons. The lowest BCUT2D eigenvalue weighted by Crippen LogP contribution is -2.42. The van der Waals surface area contributed by atoms with Crippen LogP contribution in [0.25, 0.3) is 33.4 Å². The van der Waals surface area contributed by atoms with E-state index < -0.39 is 31.3 Å². The number of nitrogens with zero attached hydrogens (tertiary/aromatic N) is 10. The maximum Gasteiger partial charge on any atom is 0.410 e. The molecule has 6 aromatic rings. The molecule has 0 unspecified atom stereocenters. The number of ether oxygens (including phenoxy) is 4. The Kier molecular flexibility index (Phi) is 14.0. The predicted molar refractivity (Wildman–Crippen MR) is 233 cm³/mol. The van der Waals surface area contributed by atoms with Crippen molar-refractivity contribution in [3.8, 4) is 23.1 Å². The molecule has 2 saturated heterocycles. The highest BCUT2D eigenvalue weighted by Crippen LogP contribution is 2.30. The molecule has 6 heterocycles. The standard InChI is InChI=1S/2C21H24FN5O5S/c2*1-13(2)31-21(28)26-8-6-14(7-9-26)32-20-16-11-25-27(19(16)23-12-24-20)18-5-4-15(10-17(18)22)33(3,29)30/h2*4-5,10-14H,6-9H2,1-3H3. The number of carbonyl (C=O) groups excluding carboxylic acids is 2. The number of hydrogen-bond acceptors (Lipinski definition) is 16. The lowest BCUT2D eigenvalue weighted by molar-refractivity contribution is 0.0501. The van der Waals surface area contributed by atoms with Gasteiger partial charge in [-0.2, -0.15) is 10.2 Å². The van der Waals surface area contributed by atoms with Gasteiger partial charge in [0.15, 0.2) is 31.0 Å². The van der Waals surface area contributed by atoms with Crippen LogP contribution in [0.1, 0.15) is 53.4 Å². The number of piperidine rings is 2. The molecule has 0 aliphatic carbocycles. The molecule has 0 N–H and O–H groups in total. The van der Waals surface area contributed by atoms with Gasteiger partial charge in [-0.15, -0.1) is 0 Å². The van der Waals surface area contributed by atoms with E-state index in [1.165, 1.54) is 58.7 Å². The summed E-state index contributed by atoms with van der Waals surface area (Å²) in [5.74, 6) is -0.875. The molecule has 8 rings (SSSR count). The van der Waals surface area contributed by atoms with Crippen molar-refractivity contribution in [2.75, 3.05) is 38.7 Å². The summed E-state index contributed by atoms with van der Waals surface area (Å²) in [4.78, 5) is 44.0. The van der Waals surface area contributed by atoms with Crippen molar-refractivity contribution in [1.29, 1.82) is 0 Å². The number of rotatable bonds is 10. The maximum atomic E-state index is 14.7. The molecule has 2 amide bonds. The molecule has 2 aliphatic rings. The Labute approximate surface area is 378 Å². The lowest BCUT2D eigenvalue weighted by atomic mass is 10.1. The van der Waals surface area contributed by atoms with Gasteiger partial charge in [-0.3, -0.25) is 0 Å². The smallest absolute Gasteiger partial charge is 0.410 e. The average Bonchev–Trinajstić information content (AvgIpc) is 3.89. The molecule has 24 heteroatoms. The van der Waals surface area contributed by atoms with Crippen LogP contribution in [-0.4, -0.2) is 141 Å². The van der Waals surface area contributed by atoms with E-state index in [1.807, 2.05) is 0 Å². The predicted octanol–water partition coefficient (Wildman–Crippen LogP) is 5.49. The van der Waals surface area contributed by atoms with Crippen molar-refractivity contribution in [1.82, 2.24) is 49.3 Å². The minimum absolute atomic E-state index is 0.0547. The lowest BCUT2D eigenvalue weighted by Gasteiger charge is -2.31. The summed E-state index contributed by atoms with van der Waals surface area (Å²) in [5.41, 5.74) is 0.756. The summed E-state index contributed by atoms with van der Waals surface area (Å²) in [6.45, 7) is 9.23. The highest BCUT2D eigenvalue weighted by atomic mass is 32.2. The van der Waals surface area contributed by atoms with Gasteiger partial charge >= 0.3 is 12.2 Å². The fourth-order valence-corrected chi connectivity index (χ4v) is 8.41. The first-order valence-corrected chi connectivity index (χ1v) is 24.7. The first-order valence-electron chi connectivity index (χ1n) is 20.9. The van der Waals surface area contributed by atoms with Crippen LogP contribution < -0.4 is 9.47 Å². The van der Waals surface area contributed by atoms with Crippen LogP contribution in [0.15, 0.2) is 71.2 Å². The fourth-order valence-electron chi connectivity index (χ4n) is 7.15. The molecule has 0 radical (unpaired) electrons. The van der Waals surface area contributed by atoms with Crippen LogP contribution in [0.2, 0.25) is 0 Å². The maximum absolute atomic E-state index is 14.7. The van der Waals surface area contributed by atoms with Crippen LogP contribution in [0.5, 0.6) is 11.8 Å². The van der Waals surface area contributed by atoms with Crippen molar-refractivity contribution >= 4 is 53.9 Å². The molecule has 4 aromatic heterocycles. The van der Waals surface area contributed by atoms with E-state index in [-0.39, 0.29) is 57.8 Å². The van der Waals surface area contributed by atoms with Gasteiger partial charge in [0.2, 0.25) is 11.8 Å². The summed E-state index contributed by atoms with van der Waals surface area (Å²) < 4.78 is 101. The molecule has 0 saturated carbocycles. The summed E-state index contributed by atoms with van der Waals surface area (Å²) in [6, 6.07) is 7.22. The number of hydrogen-bond donors (Lipinski definition) is 0. The molecule has 2 aromatic carbocycles. The van der Waals surface area contributed by atoms with Gasteiger partial charge in [-0.1, -0.05) is 0 Å². The van der Waals surface area contributed by atoms with Crippen molar-refractivity contribution in [2.24, 2.45) is 0 Å². The van der Waals surface area contributed by atoms with E-state index in [4.69, 9.17) is 18.9 Å². The SMILES string of the molecule is CC(C)OC(=O)N1CCC(Oc2ncnc3c2cnn3-c2ccc(S(C)(=O)=O)cc2F)CC1.CC(C)OC(=O)N1CCC(Oc2ncnc3c2cnn3-c2ccc(S(C)(=O)=O)cc2F)CC1. The quantitative estimate of drug-likeness (QED) is 0.165. The number of fused-ring (bicyclic) bond motifs is 2. The van der Waals surface area contributed by atoms with Crippen LogP contribution in [0.3, 0.4) is 0 Å². The van der Waals surface area contributed by atoms with Crippen molar-refractivity contribution in [2.45, 2.75) is 87.6 Å². The molecule has 2 aliphatic heterocycles.